The third-order valence-corrected chi connectivity index (χ3v) is 5.12. The maximum atomic E-state index is 13.0. The molecule has 1 atom stereocenters. The molecule has 1 heterocycles. The fourth-order valence-electron chi connectivity index (χ4n) is 3.39. The van der Waals surface area contributed by atoms with Crippen LogP contribution in [0.15, 0.2) is 48.7 Å². The smallest absolute Gasteiger partial charge is 0.238 e. The summed E-state index contributed by atoms with van der Waals surface area (Å²) in [7, 11) is 1.76. The van der Waals surface area contributed by atoms with Crippen LogP contribution in [-0.4, -0.2) is 54.4 Å². The molecule has 3 rings (SSSR count). The number of Topliss-reactive ketones (excluding diaryl/α,β-unsaturated/α-hetero) is 1. The maximum Gasteiger partial charge on any atom is 0.238 e. The van der Waals surface area contributed by atoms with E-state index in [2.05, 4.69) is 10.3 Å². The second-order valence-electron chi connectivity index (χ2n) is 7.28. The summed E-state index contributed by atoms with van der Waals surface area (Å²) >= 11 is 0. The van der Waals surface area contributed by atoms with Gasteiger partial charge < -0.3 is 19.8 Å². The molecule has 7 heteroatoms. The summed E-state index contributed by atoms with van der Waals surface area (Å²) in [5.41, 5.74) is 2.16. The van der Waals surface area contributed by atoms with Gasteiger partial charge in [0.1, 0.15) is 0 Å². The third kappa shape index (κ3) is 5.24. The summed E-state index contributed by atoms with van der Waals surface area (Å²) in [6.07, 6.45) is 1.73. The van der Waals surface area contributed by atoms with Crippen molar-refractivity contribution in [2.24, 2.45) is 0 Å². The van der Waals surface area contributed by atoms with Crippen LogP contribution in [0, 0.1) is 0 Å². The molecule has 0 saturated carbocycles. The van der Waals surface area contributed by atoms with E-state index in [0.29, 0.717) is 36.0 Å². The number of hydrogen-bond acceptors (Lipinski definition) is 5. The van der Waals surface area contributed by atoms with Crippen molar-refractivity contribution in [3.63, 3.8) is 0 Å². The maximum absolute atomic E-state index is 13.0. The number of rotatable bonds is 10. The summed E-state index contributed by atoms with van der Waals surface area (Å²) in [5, 5.41) is 3.75. The van der Waals surface area contributed by atoms with Gasteiger partial charge in [-0.05, 0) is 46.0 Å². The van der Waals surface area contributed by atoms with Crippen molar-refractivity contribution in [3.05, 3.63) is 54.2 Å². The van der Waals surface area contributed by atoms with Crippen LogP contribution in [0.3, 0.4) is 0 Å². The summed E-state index contributed by atoms with van der Waals surface area (Å²) in [6.45, 7) is 6.70. The first-order valence-electron chi connectivity index (χ1n) is 10.4. The predicted octanol–water partition coefficient (Wildman–Crippen LogP) is 4.11. The second-order valence-corrected chi connectivity index (χ2v) is 7.28. The molecule has 0 aliphatic rings. The van der Waals surface area contributed by atoms with Gasteiger partial charge in [0.25, 0.3) is 0 Å². The Balaban J connectivity index is 1.64. The number of amides is 1. The van der Waals surface area contributed by atoms with Gasteiger partial charge in [0.15, 0.2) is 17.3 Å². The van der Waals surface area contributed by atoms with Gasteiger partial charge in [-0.25, -0.2) is 0 Å². The number of carbonyl (C=O) groups is 2. The Kier molecular flexibility index (Phi) is 7.31. The number of anilines is 1. The Hall–Kier alpha value is -3.32. The minimum absolute atomic E-state index is 0.0348. The molecule has 0 saturated heterocycles. The molecule has 164 valence electrons. The largest absolute Gasteiger partial charge is 0.490 e. The van der Waals surface area contributed by atoms with Crippen LogP contribution in [0.2, 0.25) is 0 Å². The minimum atomic E-state index is -0.454. The topological polar surface area (TPSA) is 83.7 Å². The molecule has 0 spiro atoms. The summed E-state index contributed by atoms with van der Waals surface area (Å²) in [5.74, 6) is 0.968. The van der Waals surface area contributed by atoms with E-state index in [1.165, 1.54) is 0 Å². The quantitative estimate of drug-likeness (QED) is 0.480. The van der Waals surface area contributed by atoms with E-state index >= 15 is 0 Å². The molecule has 1 amide bonds. The first kappa shape index (κ1) is 22.4. The van der Waals surface area contributed by atoms with Gasteiger partial charge in [-0.2, -0.15) is 0 Å². The summed E-state index contributed by atoms with van der Waals surface area (Å²) in [4.78, 5) is 30.4. The zero-order chi connectivity index (χ0) is 22.4. The van der Waals surface area contributed by atoms with Gasteiger partial charge in [-0.3, -0.25) is 14.5 Å². The van der Waals surface area contributed by atoms with Crippen molar-refractivity contribution >= 4 is 28.3 Å². The molecule has 0 unspecified atom stereocenters. The number of H-pyrrole nitrogens is 1. The van der Waals surface area contributed by atoms with Crippen LogP contribution >= 0.6 is 0 Å². The molecular weight excluding hydrogens is 394 g/mol. The number of nitrogens with zero attached hydrogens (tertiary/aromatic N) is 1. The van der Waals surface area contributed by atoms with Gasteiger partial charge in [-0.1, -0.05) is 18.2 Å². The lowest BCUT2D eigenvalue weighted by atomic mass is 10.0. The second kappa shape index (κ2) is 10.1. The number of nitrogens with one attached hydrogen (secondary N) is 2. The van der Waals surface area contributed by atoms with Crippen molar-refractivity contribution in [1.29, 1.82) is 0 Å². The molecular formula is C24H29N3O4. The van der Waals surface area contributed by atoms with Gasteiger partial charge in [0.2, 0.25) is 5.91 Å². The molecule has 7 nitrogen and oxygen atoms in total. The monoisotopic (exact) mass is 423 g/mol. The minimum Gasteiger partial charge on any atom is -0.490 e. The van der Waals surface area contributed by atoms with Crippen molar-refractivity contribution in [3.8, 4) is 11.5 Å². The average Bonchev–Trinajstić information content (AvgIpc) is 3.19. The van der Waals surface area contributed by atoms with Crippen molar-refractivity contribution in [1.82, 2.24) is 9.88 Å². The van der Waals surface area contributed by atoms with Gasteiger partial charge in [0, 0.05) is 34.4 Å². The number of likely N-dealkylation sites (N-methyl/N-ethyl adjacent to an activating group) is 1. The number of carbonyl (C=O) groups excluding carboxylic acids is 2. The molecule has 2 aromatic carbocycles. The van der Waals surface area contributed by atoms with Crippen molar-refractivity contribution in [2.45, 2.75) is 26.8 Å². The van der Waals surface area contributed by atoms with Crippen LogP contribution in [-0.2, 0) is 4.79 Å². The highest BCUT2D eigenvalue weighted by Crippen LogP contribution is 2.30. The van der Waals surface area contributed by atoms with E-state index in [0.717, 1.165) is 10.9 Å². The molecule has 3 aromatic rings. The van der Waals surface area contributed by atoms with Gasteiger partial charge in [-0.15, -0.1) is 0 Å². The van der Waals surface area contributed by atoms with Crippen LogP contribution in [0.4, 0.5) is 5.69 Å². The standard InChI is InChI=1S/C24H29N3O4/c1-5-30-21-12-11-17(13-22(21)31-6-2)26-23(28)15-27(4)16(3)24(29)19-14-25-20-10-8-7-9-18(19)20/h7-14,16,25H,5-6,15H2,1-4H3,(H,26,28)/t16-/m0/s1. The van der Waals surface area contributed by atoms with E-state index in [1.807, 2.05) is 45.0 Å². The van der Waals surface area contributed by atoms with Crippen LogP contribution in [0.25, 0.3) is 10.9 Å². The lowest BCUT2D eigenvalue weighted by Crippen LogP contribution is -2.40. The highest BCUT2D eigenvalue weighted by atomic mass is 16.5. The SMILES string of the molecule is CCOc1ccc(NC(=O)CN(C)[C@@H](C)C(=O)c2c[nH]c3ccccc23)cc1OCC. The Morgan fingerprint density at radius 2 is 1.77 bits per heavy atom. The van der Waals surface area contributed by atoms with Crippen molar-refractivity contribution < 1.29 is 19.1 Å². The molecule has 0 bridgehead atoms. The van der Waals surface area contributed by atoms with Crippen LogP contribution < -0.4 is 14.8 Å². The third-order valence-electron chi connectivity index (χ3n) is 5.12. The first-order chi connectivity index (χ1) is 14.9. The van der Waals surface area contributed by atoms with Gasteiger partial charge >= 0.3 is 0 Å². The normalized spacial score (nSPS) is 12.0. The van der Waals surface area contributed by atoms with E-state index in [1.54, 1.807) is 36.3 Å². The number of benzene rings is 2. The van der Waals surface area contributed by atoms with Crippen molar-refractivity contribution in [2.75, 3.05) is 32.1 Å². The molecule has 31 heavy (non-hydrogen) atoms. The lowest BCUT2D eigenvalue weighted by molar-refractivity contribution is -0.117. The van der Waals surface area contributed by atoms with Crippen LogP contribution in [0.5, 0.6) is 11.5 Å². The van der Waals surface area contributed by atoms with E-state index in [9.17, 15) is 9.59 Å². The molecule has 0 radical (unpaired) electrons. The van der Waals surface area contributed by atoms with E-state index in [4.69, 9.17) is 9.47 Å². The Morgan fingerprint density at radius 1 is 1.06 bits per heavy atom. The molecule has 0 fully saturated rings. The summed E-state index contributed by atoms with van der Waals surface area (Å²) in [6, 6.07) is 12.5. The number of aromatic nitrogens is 1. The van der Waals surface area contributed by atoms with E-state index in [-0.39, 0.29) is 18.2 Å². The number of ether oxygens (including phenoxy) is 2. The summed E-state index contributed by atoms with van der Waals surface area (Å²) < 4.78 is 11.2. The number of ketones is 1. The number of fused-ring (bicyclic) bond motifs is 1. The van der Waals surface area contributed by atoms with E-state index < -0.39 is 6.04 Å². The Morgan fingerprint density at radius 3 is 2.52 bits per heavy atom. The highest BCUT2D eigenvalue weighted by molar-refractivity contribution is 6.10. The zero-order valence-electron chi connectivity index (χ0n) is 18.4. The lowest BCUT2D eigenvalue weighted by Gasteiger charge is -2.23. The molecule has 0 aliphatic carbocycles. The Bertz CT molecular complexity index is 1060. The predicted molar refractivity (Wildman–Crippen MR) is 122 cm³/mol. The fraction of sp³-hybridized carbons (Fsp3) is 0.333. The number of para-hydroxylation sites is 1. The zero-order valence-corrected chi connectivity index (χ0v) is 18.4. The Labute approximate surface area is 182 Å². The molecule has 1 aromatic heterocycles. The number of aromatic amines is 1. The first-order valence-corrected chi connectivity index (χ1v) is 10.4. The number of hydrogen-bond donors (Lipinski definition) is 2. The average molecular weight is 424 g/mol. The highest BCUT2D eigenvalue weighted by Gasteiger charge is 2.23. The molecule has 2 N–H and O–H groups in total. The fourth-order valence-corrected chi connectivity index (χ4v) is 3.39. The van der Waals surface area contributed by atoms with Crippen LogP contribution in [0.1, 0.15) is 31.1 Å². The molecule has 0 aliphatic heterocycles. The van der Waals surface area contributed by atoms with Gasteiger partial charge in [0.05, 0.1) is 25.8 Å².